The fraction of sp³-hybridized carbons (Fsp3) is 0.667. The van der Waals surface area contributed by atoms with E-state index in [0.29, 0.717) is 12.8 Å². The molecule has 1 aliphatic heterocycles. The number of amides is 1. The third kappa shape index (κ3) is 40.0. The second kappa shape index (κ2) is 51.1. The van der Waals surface area contributed by atoms with Crippen LogP contribution in [0.5, 0.6) is 0 Å². The number of ether oxygens (including phenoxy) is 2. The summed E-state index contributed by atoms with van der Waals surface area (Å²) >= 11 is 0. The molecule has 1 aliphatic rings. The molecule has 1 heterocycles. The van der Waals surface area contributed by atoms with Gasteiger partial charge in [0.25, 0.3) is 0 Å². The van der Waals surface area contributed by atoms with Gasteiger partial charge in [-0.05, 0) is 96.3 Å². The minimum atomic E-state index is -1.59. The maximum atomic E-state index is 13.0. The summed E-state index contributed by atoms with van der Waals surface area (Å²) in [7, 11) is 0. The van der Waals surface area contributed by atoms with Gasteiger partial charge in [-0.1, -0.05) is 232 Å². The number of rotatable bonds is 47. The van der Waals surface area contributed by atoms with Crippen molar-refractivity contribution in [1.29, 1.82) is 0 Å². The summed E-state index contributed by atoms with van der Waals surface area (Å²) in [5.41, 5.74) is 0. The number of unbranched alkanes of at least 4 members (excludes halogenated alkanes) is 19. The Balaban J connectivity index is 2.34. The Morgan fingerprint density at radius 3 is 1.33 bits per heavy atom. The number of hydrogen-bond donors (Lipinski definition) is 6. The maximum Gasteiger partial charge on any atom is 0.220 e. The molecule has 410 valence electrons. The van der Waals surface area contributed by atoms with Crippen molar-refractivity contribution < 1.29 is 39.8 Å². The Morgan fingerprint density at radius 2 is 0.875 bits per heavy atom. The average molecular weight is 1000 g/mol. The van der Waals surface area contributed by atoms with Crippen molar-refractivity contribution in [3.63, 3.8) is 0 Å². The summed E-state index contributed by atoms with van der Waals surface area (Å²) in [5.74, 6) is -0.253. The van der Waals surface area contributed by atoms with E-state index >= 15 is 0 Å². The predicted molar refractivity (Wildman–Crippen MR) is 304 cm³/mol. The second-order valence-electron chi connectivity index (χ2n) is 19.3. The molecule has 9 heteroatoms. The smallest absolute Gasteiger partial charge is 0.220 e. The standard InChI is InChI=1S/C63H105NO8/c1-3-5-7-9-11-13-15-17-19-21-23-25-27-28-29-31-32-34-36-38-40-42-44-46-48-50-52-57(66)56(55-71-63-62(70)61(69)60(68)58(54-65)72-63)64-59(67)53-51-49-47-45-43-41-39-37-35-33-30-26-24-22-20-18-16-14-12-10-8-6-4-2/h6,8,12,14,18,20,24,26,33-36,39,41-42,44-45,47,50,52,56-58,60-63,65-66,68-70H,3-5,7,9-11,13,15-17,19,21-23,25,27-32,37-38,40,43,46,48-49,51,53-55H2,1-2H3,(H,64,67)/b8-6-,14-12-,20-18-,26-24-,35-33-,36-34+,41-39-,44-42+,47-45-,52-50+. The third-order valence-corrected chi connectivity index (χ3v) is 12.7. The second-order valence-corrected chi connectivity index (χ2v) is 19.3. The lowest BCUT2D eigenvalue weighted by Crippen LogP contribution is -2.60. The highest BCUT2D eigenvalue weighted by atomic mass is 16.7. The van der Waals surface area contributed by atoms with Gasteiger partial charge in [0.1, 0.15) is 24.4 Å². The Morgan fingerprint density at radius 1 is 0.486 bits per heavy atom. The SMILES string of the molecule is CC/C=C\C/C=C\C/C=C\C/C=C\C/C=C\C/C=C\C/C=C\CCCC(=O)NC(COC1OC(CO)C(O)C(O)C1O)C(O)/C=C/CC/C=C/CC/C=C/CCCCCCCCCCCCCCCCCC. The van der Waals surface area contributed by atoms with Crippen molar-refractivity contribution in [2.75, 3.05) is 13.2 Å². The lowest BCUT2D eigenvalue weighted by Gasteiger charge is -2.40. The summed E-state index contributed by atoms with van der Waals surface area (Å²) in [5, 5.41) is 54.4. The van der Waals surface area contributed by atoms with E-state index < -0.39 is 49.5 Å². The van der Waals surface area contributed by atoms with Crippen LogP contribution in [0.1, 0.15) is 213 Å². The molecule has 0 spiro atoms. The van der Waals surface area contributed by atoms with Crippen LogP contribution in [0, 0.1) is 0 Å². The lowest BCUT2D eigenvalue weighted by molar-refractivity contribution is -0.302. The van der Waals surface area contributed by atoms with E-state index in [9.17, 15) is 30.3 Å². The first kappa shape index (κ1) is 66.6. The number of aliphatic hydroxyl groups is 5. The normalized spacial score (nSPS) is 20.1. The van der Waals surface area contributed by atoms with Crippen LogP contribution in [0.15, 0.2) is 122 Å². The van der Waals surface area contributed by atoms with Crippen LogP contribution < -0.4 is 5.32 Å². The third-order valence-electron chi connectivity index (χ3n) is 12.7. The summed E-state index contributed by atoms with van der Waals surface area (Å²) in [6.07, 6.45) is 69.8. The largest absolute Gasteiger partial charge is 0.394 e. The fourth-order valence-electron chi connectivity index (χ4n) is 8.24. The van der Waals surface area contributed by atoms with Crippen molar-refractivity contribution in [2.45, 2.75) is 256 Å². The van der Waals surface area contributed by atoms with E-state index in [1.165, 1.54) is 103 Å². The number of allylic oxidation sites excluding steroid dienone is 19. The molecular weight excluding hydrogens is 899 g/mol. The zero-order chi connectivity index (χ0) is 52.2. The number of carbonyl (C=O) groups is 1. The zero-order valence-corrected chi connectivity index (χ0v) is 45.4. The molecule has 72 heavy (non-hydrogen) atoms. The van der Waals surface area contributed by atoms with E-state index in [4.69, 9.17) is 9.47 Å². The van der Waals surface area contributed by atoms with Crippen molar-refractivity contribution in [3.8, 4) is 0 Å². The molecule has 0 aromatic rings. The quantitative estimate of drug-likeness (QED) is 0.0261. The molecule has 0 aliphatic carbocycles. The molecule has 0 aromatic heterocycles. The molecule has 9 nitrogen and oxygen atoms in total. The van der Waals surface area contributed by atoms with Gasteiger partial charge in [0, 0.05) is 6.42 Å². The van der Waals surface area contributed by atoms with E-state index in [2.05, 4.69) is 129 Å². The molecule has 6 N–H and O–H groups in total. The number of carbonyl (C=O) groups excluding carboxylic acids is 1. The van der Waals surface area contributed by atoms with Crippen molar-refractivity contribution in [1.82, 2.24) is 5.32 Å². The van der Waals surface area contributed by atoms with Crippen molar-refractivity contribution in [3.05, 3.63) is 122 Å². The highest BCUT2D eigenvalue weighted by Crippen LogP contribution is 2.23. The fourth-order valence-corrected chi connectivity index (χ4v) is 8.24. The van der Waals surface area contributed by atoms with Crippen LogP contribution in [-0.4, -0.2) is 87.5 Å². The summed E-state index contributed by atoms with van der Waals surface area (Å²) in [4.78, 5) is 13.0. The summed E-state index contributed by atoms with van der Waals surface area (Å²) in [6, 6.07) is -0.869. The van der Waals surface area contributed by atoms with E-state index in [1.54, 1.807) is 6.08 Å². The molecule has 0 bridgehead atoms. The van der Waals surface area contributed by atoms with Crippen molar-refractivity contribution >= 4 is 5.91 Å². The first-order chi connectivity index (χ1) is 35.3. The van der Waals surface area contributed by atoms with Gasteiger partial charge in [-0.2, -0.15) is 0 Å². The Hall–Kier alpha value is -3.41. The van der Waals surface area contributed by atoms with Crippen LogP contribution in [0.3, 0.4) is 0 Å². The molecule has 1 amide bonds. The summed E-state index contributed by atoms with van der Waals surface area (Å²) in [6.45, 7) is 3.61. The van der Waals surface area contributed by atoms with Gasteiger partial charge in [-0.15, -0.1) is 0 Å². The predicted octanol–water partition coefficient (Wildman–Crippen LogP) is 14.3. The zero-order valence-electron chi connectivity index (χ0n) is 45.4. The number of aliphatic hydroxyl groups excluding tert-OH is 5. The number of nitrogens with one attached hydrogen (secondary N) is 1. The average Bonchev–Trinajstić information content (AvgIpc) is 3.38. The highest BCUT2D eigenvalue weighted by Gasteiger charge is 2.44. The Kier molecular flexibility index (Phi) is 47.3. The highest BCUT2D eigenvalue weighted by molar-refractivity contribution is 5.76. The molecule has 0 radical (unpaired) electrons. The molecular formula is C63H105NO8. The Labute approximate surface area is 439 Å². The van der Waals surface area contributed by atoms with E-state index in [0.717, 1.165) is 77.0 Å². The van der Waals surface area contributed by atoms with Crippen LogP contribution in [0.4, 0.5) is 0 Å². The Bertz CT molecular complexity index is 1540. The molecule has 1 saturated heterocycles. The van der Waals surface area contributed by atoms with Crippen LogP contribution in [0.2, 0.25) is 0 Å². The number of hydrogen-bond acceptors (Lipinski definition) is 8. The van der Waals surface area contributed by atoms with Gasteiger partial charge < -0.3 is 40.3 Å². The summed E-state index contributed by atoms with van der Waals surface area (Å²) < 4.78 is 11.2. The molecule has 7 unspecified atom stereocenters. The monoisotopic (exact) mass is 1000 g/mol. The minimum Gasteiger partial charge on any atom is -0.394 e. The van der Waals surface area contributed by atoms with Gasteiger partial charge in [0.2, 0.25) is 5.91 Å². The molecule has 1 rings (SSSR count). The van der Waals surface area contributed by atoms with Crippen molar-refractivity contribution in [2.24, 2.45) is 0 Å². The van der Waals surface area contributed by atoms with Gasteiger partial charge in [0.15, 0.2) is 6.29 Å². The molecule has 0 aromatic carbocycles. The van der Waals surface area contributed by atoms with Gasteiger partial charge in [-0.25, -0.2) is 0 Å². The van der Waals surface area contributed by atoms with Crippen LogP contribution in [0.25, 0.3) is 0 Å². The van der Waals surface area contributed by atoms with Gasteiger partial charge >= 0.3 is 0 Å². The van der Waals surface area contributed by atoms with E-state index in [1.807, 2.05) is 6.08 Å². The topological polar surface area (TPSA) is 149 Å². The van der Waals surface area contributed by atoms with Crippen LogP contribution >= 0.6 is 0 Å². The van der Waals surface area contributed by atoms with Gasteiger partial charge in [0.05, 0.1) is 25.4 Å². The molecule has 1 fully saturated rings. The molecule has 0 saturated carbocycles. The maximum absolute atomic E-state index is 13.0. The van der Waals surface area contributed by atoms with E-state index in [-0.39, 0.29) is 18.9 Å². The molecule has 7 atom stereocenters. The van der Waals surface area contributed by atoms with Gasteiger partial charge in [-0.3, -0.25) is 4.79 Å². The minimum absolute atomic E-state index is 0.237. The lowest BCUT2D eigenvalue weighted by atomic mass is 9.99. The first-order valence-electron chi connectivity index (χ1n) is 28.8. The first-order valence-corrected chi connectivity index (χ1v) is 28.8. The van der Waals surface area contributed by atoms with Crippen LogP contribution in [-0.2, 0) is 14.3 Å².